The number of benzene rings is 1. The third-order valence-corrected chi connectivity index (χ3v) is 4.02. The molecule has 0 fully saturated rings. The lowest BCUT2D eigenvalue weighted by Gasteiger charge is -2.14. The number of thiophene rings is 1. The normalized spacial score (nSPS) is 12.1. The second-order valence-electron chi connectivity index (χ2n) is 3.96. The number of hydrogen-bond donors (Lipinski definition) is 2. The van der Waals surface area contributed by atoms with Crippen LogP contribution in [-0.2, 0) is 0 Å². The predicted octanol–water partition coefficient (Wildman–Crippen LogP) is 3.58. The summed E-state index contributed by atoms with van der Waals surface area (Å²) >= 11 is 4.77. The topological polar surface area (TPSA) is 55.1 Å². The number of rotatable bonds is 3. The number of nitrogens with two attached hydrogens (primary N) is 1. The van der Waals surface area contributed by atoms with E-state index in [0.717, 1.165) is 10.0 Å². The van der Waals surface area contributed by atoms with Crippen LogP contribution in [0.4, 0.5) is 5.69 Å². The third kappa shape index (κ3) is 2.91. The van der Waals surface area contributed by atoms with E-state index in [-0.39, 0.29) is 11.9 Å². The Bertz CT molecular complexity index is 568. The summed E-state index contributed by atoms with van der Waals surface area (Å²) in [5, 5.41) is 4.75. The van der Waals surface area contributed by atoms with Crippen molar-refractivity contribution in [1.82, 2.24) is 5.32 Å². The molecule has 1 heterocycles. The van der Waals surface area contributed by atoms with Gasteiger partial charge >= 0.3 is 0 Å². The van der Waals surface area contributed by atoms with Crippen molar-refractivity contribution in [2.75, 3.05) is 5.73 Å². The van der Waals surface area contributed by atoms with Crippen molar-refractivity contribution in [3.05, 3.63) is 50.6 Å². The Morgan fingerprint density at radius 1 is 1.44 bits per heavy atom. The summed E-state index contributed by atoms with van der Waals surface area (Å²) in [5.74, 6) is -0.130. The Hall–Kier alpha value is -1.33. The highest BCUT2D eigenvalue weighted by Crippen LogP contribution is 2.21. The molecule has 1 unspecified atom stereocenters. The molecule has 0 aliphatic heterocycles. The zero-order valence-corrected chi connectivity index (χ0v) is 12.2. The largest absolute Gasteiger partial charge is 0.397 e. The number of anilines is 1. The first kappa shape index (κ1) is 13.1. The van der Waals surface area contributed by atoms with Crippen LogP contribution in [0, 0.1) is 0 Å². The maximum atomic E-state index is 12.0. The summed E-state index contributed by atoms with van der Waals surface area (Å²) in [5.41, 5.74) is 7.30. The quantitative estimate of drug-likeness (QED) is 0.906. The Balaban J connectivity index is 2.10. The first-order valence-electron chi connectivity index (χ1n) is 5.47. The van der Waals surface area contributed by atoms with Gasteiger partial charge in [-0.05, 0) is 36.1 Å². The lowest BCUT2D eigenvalue weighted by molar-refractivity contribution is 0.0945. The molecular formula is C13H13BrN2OS. The molecule has 1 aromatic carbocycles. The van der Waals surface area contributed by atoms with Gasteiger partial charge in [0.2, 0.25) is 0 Å². The van der Waals surface area contributed by atoms with E-state index in [9.17, 15) is 4.79 Å². The van der Waals surface area contributed by atoms with Crippen LogP contribution in [0.2, 0.25) is 0 Å². The van der Waals surface area contributed by atoms with Crippen molar-refractivity contribution >= 4 is 38.9 Å². The number of carbonyl (C=O) groups excluding carboxylic acids is 1. The van der Waals surface area contributed by atoms with Gasteiger partial charge in [-0.15, -0.1) is 11.3 Å². The summed E-state index contributed by atoms with van der Waals surface area (Å²) in [6.45, 7) is 1.95. The van der Waals surface area contributed by atoms with Gasteiger partial charge in [-0.25, -0.2) is 0 Å². The standard InChI is InChI=1S/C13H13BrN2OS/c1-8(9-3-2-4-10(14)7-9)16-13(17)12-11(15)5-6-18-12/h2-8H,15H2,1H3,(H,16,17). The number of carbonyl (C=O) groups is 1. The molecule has 0 saturated heterocycles. The number of hydrogen-bond acceptors (Lipinski definition) is 3. The Labute approximate surface area is 118 Å². The van der Waals surface area contributed by atoms with Crippen molar-refractivity contribution in [3.63, 3.8) is 0 Å². The Kier molecular flexibility index (Phi) is 4.04. The molecule has 2 rings (SSSR count). The van der Waals surface area contributed by atoms with Crippen LogP contribution in [0.15, 0.2) is 40.2 Å². The van der Waals surface area contributed by atoms with Crippen molar-refractivity contribution in [1.29, 1.82) is 0 Å². The molecule has 0 saturated carbocycles. The lowest BCUT2D eigenvalue weighted by atomic mass is 10.1. The molecule has 0 spiro atoms. The van der Waals surface area contributed by atoms with E-state index < -0.39 is 0 Å². The molecule has 3 N–H and O–H groups in total. The van der Waals surface area contributed by atoms with E-state index in [1.165, 1.54) is 11.3 Å². The van der Waals surface area contributed by atoms with Gasteiger partial charge in [-0.1, -0.05) is 28.1 Å². The van der Waals surface area contributed by atoms with E-state index in [2.05, 4.69) is 21.2 Å². The molecule has 1 amide bonds. The highest BCUT2D eigenvalue weighted by atomic mass is 79.9. The molecule has 2 aromatic rings. The summed E-state index contributed by atoms with van der Waals surface area (Å²) in [7, 11) is 0. The van der Waals surface area contributed by atoms with Crippen LogP contribution in [0.25, 0.3) is 0 Å². The van der Waals surface area contributed by atoms with Crippen LogP contribution in [0.5, 0.6) is 0 Å². The van der Waals surface area contributed by atoms with E-state index >= 15 is 0 Å². The lowest BCUT2D eigenvalue weighted by Crippen LogP contribution is -2.26. The fraction of sp³-hybridized carbons (Fsp3) is 0.154. The molecule has 3 nitrogen and oxygen atoms in total. The minimum absolute atomic E-state index is 0.0588. The minimum atomic E-state index is -0.130. The van der Waals surface area contributed by atoms with Crippen LogP contribution >= 0.6 is 27.3 Å². The van der Waals surface area contributed by atoms with Gasteiger partial charge in [0, 0.05) is 4.47 Å². The van der Waals surface area contributed by atoms with Gasteiger partial charge in [0.1, 0.15) is 4.88 Å². The van der Waals surface area contributed by atoms with Crippen LogP contribution < -0.4 is 11.1 Å². The van der Waals surface area contributed by atoms with E-state index in [0.29, 0.717) is 10.6 Å². The van der Waals surface area contributed by atoms with Gasteiger partial charge < -0.3 is 11.1 Å². The number of halogens is 1. The molecular weight excluding hydrogens is 312 g/mol. The fourth-order valence-electron chi connectivity index (χ4n) is 1.63. The molecule has 1 aromatic heterocycles. The third-order valence-electron chi connectivity index (χ3n) is 2.60. The molecule has 94 valence electrons. The minimum Gasteiger partial charge on any atom is -0.397 e. The predicted molar refractivity (Wildman–Crippen MR) is 78.8 cm³/mol. The molecule has 18 heavy (non-hydrogen) atoms. The zero-order chi connectivity index (χ0) is 13.1. The van der Waals surface area contributed by atoms with Crippen molar-refractivity contribution < 1.29 is 4.79 Å². The highest BCUT2D eigenvalue weighted by molar-refractivity contribution is 9.10. The van der Waals surface area contributed by atoms with Gasteiger partial charge in [-0.2, -0.15) is 0 Å². The maximum absolute atomic E-state index is 12.0. The van der Waals surface area contributed by atoms with Crippen molar-refractivity contribution in [2.24, 2.45) is 0 Å². The van der Waals surface area contributed by atoms with Crippen LogP contribution in [0.1, 0.15) is 28.2 Å². The second-order valence-corrected chi connectivity index (χ2v) is 5.79. The van der Waals surface area contributed by atoms with Gasteiger partial charge in [0.15, 0.2) is 0 Å². The summed E-state index contributed by atoms with van der Waals surface area (Å²) in [4.78, 5) is 12.6. The smallest absolute Gasteiger partial charge is 0.263 e. The van der Waals surface area contributed by atoms with Gasteiger partial charge in [0.05, 0.1) is 11.7 Å². The summed E-state index contributed by atoms with van der Waals surface area (Å²) in [6.07, 6.45) is 0. The fourth-order valence-corrected chi connectivity index (χ4v) is 2.76. The first-order valence-corrected chi connectivity index (χ1v) is 7.14. The molecule has 0 radical (unpaired) electrons. The molecule has 0 aliphatic carbocycles. The Morgan fingerprint density at radius 3 is 2.83 bits per heavy atom. The molecule has 0 aliphatic rings. The number of amides is 1. The summed E-state index contributed by atoms with van der Waals surface area (Å²) < 4.78 is 0.997. The average molecular weight is 325 g/mol. The first-order chi connectivity index (χ1) is 8.58. The van der Waals surface area contributed by atoms with Crippen LogP contribution in [-0.4, -0.2) is 5.91 Å². The number of nitrogen functional groups attached to an aromatic ring is 1. The Morgan fingerprint density at radius 2 is 2.22 bits per heavy atom. The summed E-state index contributed by atoms with van der Waals surface area (Å²) in [6, 6.07) is 9.55. The molecule has 0 bridgehead atoms. The molecule has 5 heteroatoms. The van der Waals surface area contributed by atoms with E-state index in [4.69, 9.17) is 5.73 Å². The van der Waals surface area contributed by atoms with Gasteiger partial charge in [-0.3, -0.25) is 4.79 Å². The number of nitrogens with one attached hydrogen (secondary N) is 1. The van der Waals surface area contributed by atoms with Gasteiger partial charge in [0.25, 0.3) is 5.91 Å². The van der Waals surface area contributed by atoms with Crippen molar-refractivity contribution in [2.45, 2.75) is 13.0 Å². The zero-order valence-electron chi connectivity index (χ0n) is 9.81. The monoisotopic (exact) mass is 324 g/mol. The van der Waals surface area contributed by atoms with Crippen molar-refractivity contribution in [3.8, 4) is 0 Å². The van der Waals surface area contributed by atoms with E-state index in [1.54, 1.807) is 6.07 Å². The SMILES string of the molecule is CC(NC(=O)c1sccc1N)c1cccc(Br)c1. The average Bonchev–Trinajstić information content (AvgIpc) is 2.75. The van der Waals surface area contributed by atoms with E-state index in [1.807, 2.05) is 36.6 Å². The second kappa shape index (κ2) is 5.54. The van der Waals surface area contributed by atoms with Crippen LogP contribution in [0.3, 0.4) is 0 Å². The molecule has 1 atom stereocenters. The maximum Gasteiger partial charge on any atom is 0.263 e. The highest BCUT2D eigenvalue weighted by Gasteiger charge is 2.14.